The van der Waals surface area contributed by atoms with Gasteiger partial charge in [-0.15, -0.1) is 0 Å². The average Bonchev–Trinajstić information content (AvgIpc) is 2.79. The number of halogens is 1. The highest BCUT2D eigenvalue weighted by Crippen LogP contribution is 2.28. The van der Waals surface area contributed by atoms with Crippen LogP contribution in [0.25, 0.3) is 0 Å². The smallest absolute Gasteiger partial charge is 0.347 e. The molecule has 2 N–H and O–H groups in total. The molecular formula is C23H23ClN2O6. The number of carbonyl (C=O) groups is 3. The predicted molar refractivity (Wildman–Crippen MR) is 117 cm³/mol. The Morgan fingerprint density at radius 2 is 1.75 bits per heavy atom. The molecule has 0 bridgehead atoms. The normalized spacial score (nSPS) is 16.5. The van der Waals surface area contributed by atoms with Gasteiger partial charge in [0, 0.05) is 5.02 Å². The van der Waals surface area contributed by atoms with Gasteiger partial charge in [0.25, 0.3) is 0 Å². The van der Waals surface area contributed by atoms with Crippen LogP contribution in [0.15, 0.2) is 65.9 Å². The van der Waals surface area contributed by atoms with E-state index in [0.717, 1.165) is 0 Å². The zero-order chi connectivity index (χ0) is 23.1. The lowest BCUT2D eigenvalue weighted by atomic mass is 9.95. The van der Waals surface area contributed by atoms with E-state index >= 15 is 0 Å². The molecule has 9 heteroatoms. The van der Waals surface area contributed by atoms with E-state index in [1.54, 1.807) is 55.5 Å². The summed E-state index contributed by atoms with van der Waals surface area (Å²) in [5, 5.41) is 5.81. The highest BCUT2D eigenvalue weighted by Gasteiger charge is 2.34. The number of nitrogens with one attached hydrogen (secondary N) is 2. The number of hydrogen-bond acceptors (Lipinski definition) is 6. The summed E-state index contributed by atoms with van der Waals surface area (Å²) in [4.78, 5) is 37.4. The molecule has 168 valence electrons. The van der Waals surface area contributed by atoms with Crippen molar-refractivity contribution >= 4 is 29.6 Å². The van der Waals surface area contributed by atoms with Crippen molar-refractivity contribution in [1.29, 1.82) is 0 Å². The van der Waals surface area contributed by atoms with Crippen LogP contribution >= 0.6 is 11.6 Å². The van der Waals surface area contributed by atoms with Crippen molar-refractivity contribution in [2.24, 2.45) is 0 Å². The Morgan fingerprint density at radius 1 is 1.06 bits per heavy atom. The fourth-order valence-corrected chi connectivity index (χ4v) is 3.23. The number of urea groups is 1. The topological polar surface area (TPSA) is 103 Å². The van der Waals surface area contributed by atoms with Crippen LogP contribution in [0.3, 0.4) is 0 Å². The first-order chi connectivity index (χ1) is 15.4. The minimum Gasteiger partial charge on any atom is -0.479 e. The van der Waals surface area contributed by atoms with Gasteiger partial charge < -0.3 is 24.8 Å². The third-order valence-electron chi connectivity index (χ3n) is 4.60. The van der Waals surface area contributed by atoms with Crippen LogP contribution in [0.5, 0.6) is 5.75 Å². The quantitative estimate of drug-likeness (QED) is 0.587. The van der Waals surface area contributed by atoms with Gasteiger partial charge in [0.15, 0.2) is 6.10 Å². The van der Waals surface area contributed by atoms with E-state index in [1.165, 1.54) is 6.92 Å². The molecule has 3 rings (SSSR count). The van der Waals surface area contributed by atoms with Gasteiger partial charge in [0.05, 0.1) is 23.9 Å². The maximum absolute atomic E-state index is 12.7. The first-order valence-corrected chi connectivity index (χ1v) is 10.4. The molecule has 2 amide bonds. The molecule has 1 aliphatic heterocycles. The van der Waals surface area contributed by atoms with Gasteiger partial charge in [0.2, 0.25) is 0 Å². The second-order valence-corrected chi connectivity index (χ2v) is 7.31. The van der Waals surface area contributed by atoms with Crippen molar-refractivity contribution in [3.63, 3.8) is 0 Å². The molecular weight excluding hydrogens is 436 g/mol. The van der Waals surface area contributed by atoms with Crippen molar-refractivity contribution in [3.05, 3.63) is 76.5 Å². The summed E-state index contributed by atoms with van der Waals surface area (Å²) in [6, 6.07) is 14.2. The lowest BCUT2D eigenvalue weighted by Gasteiger charge is -2.29. The summed E-state index contributed by atoms with van der Waals surface area (Å²) in [7, 11) is 0. The second kappa shape index (κ2) is 10.7. The van der Waals surface area contributed by atoms with E-state index in [9.17, 15) is 14.4 Å². The van der Waals surface area contributed by atoms with Crippen LogP contribution < -0.4 is 15.4 Å². The maximum Gasteiger partial charge on any atom is 0.347 e. The number of amides is 2. The van der Waals surface area contributed by atoms with Gasteiger partial charge in [-0.05, 0) is 43.7 Å². The van der Waals surface area contributed by atoms with Crippen LogP contribution in [0.1, 0.15) is 25.5 Å². The summed E-state index contributed by atoms with van der Waals surface area (Å²) in [6.45, 7) is 3.03. The molecule has 8 nitrogen and oxygen atoms in total. The molecule has 32 heavy (non-hydrogen) atoms. The number of rotatable bonds is 8. The highest BCUT2D eigenvalue weighted by molar-refractivity contribution is 6.30. The number of benzene rings is 2. The van der Waals surface area contributed by atoms with E-state index in [4.69, 9.17) is 25.8 Å². The van der Waals surface area contributed by atoms with Gasteiger partial charge in [-0.3, -0.25) is 0 Å². The van der Waals surface area contributed by atoms with Crippen molar-refractivity contribution in [1.82, 2.24) is 10.6 Å². The second-order valence-electron chi connectivity index (χ2n) is 6.88. The van der Waals surface area contributed by atoms with Crippen molar-refractivity contribution < 1.29 is 28.6 Å². The molecule has 0 fully saturated rings. The summed E-state index contributed by atoms with van der Waals surface area (Å²) >= 11 is 5.85. The van der Waals surface area contributed by atoms with Crippen LogP contribution in [0.2, 0.25) is 5.02 Å². The van der Waals surface area contributed by atoms with Crippen LogP contribution in [-0.4, -0.2) is 37.3 Å². The monoisotopic (exact) mass is 458 g/mol. The predicted octanol–water partition coefficient (Wildman–Crippen LogP) is 3.52. The fourth-order valence-electron chi connectivity index (χ4n) is 3.10. The van der Waals surface area contributed by atoms with Crippen LogP contribution in [0.4, 0.5) is 4.79 Å². The minimum absolute atomic E-state index is 0.146. The molecule has 0 saturated heterocycles. The van der Waals surface area contributed by atoms with E-state index in [2.05, 4.69) is 10.6 Å². The Labute approximate surface area is 190 Å². The average molecular weight is 459 g/mol. The molecule has 0 unspecified atom stereocenters. The molecule has 2 aromatic rings. The SMILES string of the molecule is CCOC(=O)C1=C(COC(=O)[C@H](C)Oc2ccc(Cl)cc2)NC(=O)N[C@@H]1c1ccccc1. The van der Waals surface area contributed by atoms with E-state index in [-0.39, 0.29) is 24.5 Å². The maximum atomic E-state index is 12.7. The number of esters is 2. The first-order valence-electron chi connectivity index (χ1n) is 10.0. The molecule has 0 aromatic heterocycles. The van der Waals surface area contributed by atoms with Gasteiger partial charge in [-0.2, -0.15) is 0 Å². The number of ether oxygens (including phenoxy) is 3. The molecule has 1 heterocycles. The summed E-state index contributed by atoms with van der Waals surface area (Å²) in [5.41, 5.74) is 0.999. The Kier molecular flexibility index (Phi) is 7.72. The molecule has 0 saturated carbocycles. The van der Waals surface area contributed by atoms with Gasteiger partial charge in [0.1, 0.15) is 12.4 Å². The largest absolute Gasteiger partial charge is 0.479 e. The summed E-state index contributed by atoms with van der Waals surface area (Å²) < 4.78 is 16.1. The third-order valence-corrected chi connectivity index (χ3v) is 4.85. The Bertz CT molecular complexity index is 1010. The number of carbonyl (C=O) groups excluding carboxylic acids is 3. The molecule has 2 aromatic carbocycles. The summed E-state index contributed by atoms with van der Waals surface area (Å²) in [6.07, 6.45) is -0.926. The van der Waals surface area contributed by atoms with Crippen LogP contribution in [0, 0.1) is 0 Å². The van der Waals surface area contributed by atoms with Gasteiger partial charge in [-0.1, -0.05) is 41.9 Å². The third kappa shape index (κ3) is 5.79. The van der Waals surface area contributed by atoms with Crippen molar-refractivity contribution in [2.75, 3.05) is 13.2 Å². The lowest BCUT2D eigenvalue weighted by molar-refractivity contribution is -0.150. The molecule has 1 aliphatic rings. The zero-order valence-electron chi connectivity index (χ0n) is 17.6. The minimum atomic E-state index is -0.926. The van der Waals surface area contributed by atoms with Crippen LogP contribution in [-0.2, 0) is 19.1 Å². The molecule has 0 aliphatic carbocycles. The van der Waals surface area contributed by atoms with Gasteiger partial charge in [-0.25, -0.2) is 14.4 Å². The van der Waals surface area contributed by atoms with Crippen molar-refractivity contribution in [2.45, 2.75) is 26.0 Å². The molecule has 0 spiro atoms. The lowest BCUT2D eigenvalue weighted by Crippen LogP contribution is -2.47. The Balaban J connectivity index is 1.78. The van der Waals surface area contributed by atoms with E-state index in [0.29, 0.717) is 16.3 Å². The standard InChI is InChI=1S/C23H23ClN2O6/c1-3-30-22(28)19-18(25-23(29)26-20(19)15-7-5-4-6-8-15)13-31-21(27)14(2)32-17-11-9-16(24)10-12-17/h4-12,14,20H,3,13H2,1-2H3,(H2,25,26,29)/t14-,20+/m0/s1. The summed E-state index contributed by atoms with van der Waals surface area (Å²) in [5.74, 6) is -0.838. The molecule has 0 radical (unpaired) electrons. The zero-order valence-corrected chi connectivity index (χ0v) is 18.3. The molecule has 2 atom stereocenters. The highest BCUT2D eigenvalue weighted by atomic mass is 35.5. The fraction of sp³-hybridized carbons (Fsp3) is 0.261. The number of hydrogen-bond donors (Lipinski definition) is 2. The Morgan fingerprint density at radius 3 is 2.41 bits per heavy atom. The van der Waals surface area contributed by atoms with Crippen molar-refractivity contribution in [3.8, 4) is 5.75 Å². The van der Waals surface area contributed by atoms with E-state index in [1.807, 2.05) is 6.07 Å². The first kappa shape index (κ1) is 23.1. The Hall–Kier alpha value is -3.52. The van der Waals surface area contributed by atoms with E-state index < -0.39 is 30.1 Å². The van der Waals surface area contributed by atoms with Gasteiger partial charge >= 0.3 is 18.0 Å².